The third kappa shape index (κ3) is 3.69. The zero-order chi connectivity index (χ0) is 16.8. The summed E-state index contributed by atoms with van der Waals surface area (Å²) in [5.41, 5.74) is 1.50. The lowest BCUT2D eigenvalue weighted by Gasteiger charge is -2.17. The van der Waals surface area contributed by atoms with Crippen LogP contribution < -0.4 is 5.32 Å². The Balaban J connectivity index is 1.52. The Kier molecular flexibility index (Phi) is 5.02. The molecule has 6 nitrogen and oxygen atoms in total. The number of amides is 1. The molecule has 2 aromatic rings. The van der Waals surface area contributed by atoms with Crippen molar-refractivity contribution in [3.63, 3.8) is 0 Å². The van der Waals surface area contributed by atoms with Crippen molar-refractivity contribution in [3.05, 3.63) is 54.0 Å². The predicted molar refractivity (Wildman–Crippen MR) is 90.1 cm³/mol. The number of rotatable bonds is 6. The lowest BCUT2D eigenvalue weighted by Crippen LogP contribution is -2.34. The van der Waals surface area contributed by atoms with E-state index in [0.29, 0.717) is 12.2 Å². The van der Waals surface area contributed by atoms with Crippen molar-refractivity contribution in [1.82, 2.24) is 14.9 Å². The van der Waals surface area contributed by atoms with Crippen LogP contribution in [-0.4, -0.2) is 39.9 Å². The van der Waals surface area contributed by atoms with Crippen LogP contribution in [0.4, 0.5) is 5.82 Å². The monoisotopic (exact) mass is 321 g/mol. The maximum atomic E-state index is 12.5. The molecule has 24 heavy (non-hydrogen) atoms. The summed E-state index contributed by atoms with van der Waals surface area (Å²) in [6, 6.07) is 11.9. The van der Waals surface area contributed by atoms with E-state index in [2.05, 4.69) is 27.4 Å². The fourth-order valence-electron chi connectivity index (χ4n) is 2.90. The lowest BCUT2D eigenvalue weighted by molar-refractivity contribution is -0.128. The third-order valence-electron chi connectivity index (χ3n) is 4.15. The topological polar surface area (TPSA) is 81.9 Å². The number of carbonyl (C=O) groups excluding carboxylic acids is 1. The summed E-state index contributed by atoms with van der Waals surface area (Å²) in [6.45, 7) is 1.48. The Morgan fingerprint density at radius 3 is 2.83 bits per heavy atom. The van der Waals surface area contributed by atoms with Crippen molar-refractivity contribution in [2.24, 2.45) is 0 Å². The molecule has 1 unspecified atom stereocenters. The standard InChI is InChI=1S/C18H19N5O/c19-13-16-17(21-10-9-20-16)22-15-8-12-23(18(15)24)11-4-7-14-5-2-1-3-6-14/h1-3,5-6,9-10,15H,4,7-8,11-12H2,(H,21,22). The van der Waals surface area contributed by atoms with Gasteiger partial charge in [-0.25, -0.2) is 9.97 Å². The maximum absolute atomic E-state index is 12.5. The molecule has 0 aliphatic carbocycles. The molecule has 1 atom stereocenters. The van der Waals surface area contributed by atoms with Crippen LogP contribution in [-0.2, 0) is 11.2 Å². The molecular formula is C18H19N5O. The Bertz CT molecular complexity index is 741. The minimum atomic E-state index is -0.328. The summed E-state index contributed by atoms with van der Waals surface area (Å²) in [5, 5.41) is 12.1. The molecular weight excluding hydrogens is 302 g/mol. The number of aromatic nitrogens is 2. The predicted octanol–water partition coefficient (Wildman–Crippen LogP) is 1.99. The molecule has 3 rings (SSSR count). The summed E-state index contributed by atoms with van der Waals surface area (Å²) in [6.07, 6.45) is 5.60. The number of nitrogens with zero attached hydrogens (tertiary/aromatic N) is 4. The largest absolute Gasteiger partial charge is 0.356 e. The highest BCUT2D eigenvalue weighted by atomic mass is 16.2. The van der Waals surface area contributed by atoms with Crippen LogP contribution >= 0.6 is 0 Å². The van der Waals surface area contributed by atoms with Gasteiger partial charge >= 0.3 is 0 Å². The molecule has 2 heterocycles. The smallest absolute Gasteiger partial charge is 0.245 e. The van der Waals surface area contributed by atoms with E-state index in [0.717, 1.165) is 25.9 Å². The van der Waals surface area contributed by atoms with Crippen LogP contribution in [0.2, 0.25) is 0 Å². The molecule has 0 radical (unpaired) electrons. The van der Waals surface area contributed by atoms with Gasteiger partial charge in [0.05, 0.1) is 0 Å². The van der Waals surface area contributed by atoms with Crippen molar-refractivity contribution in [1.29, 1.82) is 5.26 Å². The summed E-state index contributed by atoms with van der Waals surface area (Å²) in [5.74, 6) is 0.446. The minimum absolute atomic E-state index is 0.0672. The van der Waals surface area contributed by atoms with E-state index in [9.17, 15) is 4.79 Å². The summed E-state index contributed by atoms with van der Waals surface area (Å²) in [4.78, 5) is 22.4. The van der Waals surface area contributed by atoms with Gasteiger partial charge in [0.1, 0.15) is 12.1 Å². The van der Waals surface area contributed by atoms with E-state index in [1.165, 1.54) is 18.0 Å². The SMILES string of the molecule is N#Cc1nccnc1NC1CCN(CCCc2ccccc2)C1=O. The van der Waals surface area contributed by atoms with E-state index in [-0.39, 0.29) is 17.6 Å². The molecule has 0 saturated carbocycles. The average molecular weight is 321 g/mol. The zero-order valence-electron chi connectivity index (χ0n) is 13.4. The van der Waals surface area contributed by atoms with Gasteiger partial charge in [-0.2, -0.15) is 5.26 Å². The first kappa shape index (κ1) is 15.9. The summed E-state index contributed by atoms with van der Waals surface area (Å²) >= 11 is 0. The van der Waals surface area contributed by atoms with Crippen molar-refractivity contribution in [3.8, 4) is 6.07 Å². The molecule has 1 fully saturated rings. The summed E-state index contributed by atoms with van der Waals surface area (Å²) in [7, 11) is 0. The fourth-order valence-corrected chi connectivity index (χ4v) is 2.90. The van der Waals surface area contributed by atoms with Crippen molar-refractivity contribution < 1.29 is 4.79 Å². The van der Waals surface area contributed by atoms with Crippen LogP contribution in [0.1, 0.15) is 24.1 Å². The number of nitriles is 1. The van der Waals surface area contributed by atoms with E-state index < -0.39 is 0 Å². The van der Waals surface area contributed by atoms with Gasteiger partial charge in [-0.15, -0.1) is 0 Å². The minimum Gasteiger partial charge on any atom is -0.356 e. The van der Waals surface area contributed by atoms with Crippen LogP contribution in [0.3, 0.4) is 0 Å². The van der Waals surface area contributed by atoms with Gasteiger partial charge in [-0.05, 0) is 24.8 Å². The van der Waals surface area contributed by atoms with Gasteiger partial charge in [0.2, 0.25) is 5.91 Å². The number of carbonyl (C=O) groups is 1. The number of aryl methyl sites for hydroxylation is 1. The molecule has 1 aromatic heterocycles. The Morgan fingerprint density at radius 2 is 2.04 bits per heavy atom. The second-order valence-electron chi connectivity index (χ2n) is 5.77. The second kappa shape index (κ2) is 7.55. The lowest BCUT2D eigenvalue weighted by atomic mass is 10.1. The second-order valence-corrected chi connectivity index (χ2v) is 5.77. The van der Waals surface area contributed by atoms with Crippen LogP contribution in [0.5, 0.6) is 0 Å². The molecule has 1 amide bonds. The van der Waals surface area contributed by atoms with Gasteiger partial charge in [0.15, 0.2) is 11.5 Å². The number of nitrogens with one attached hydrogen (secondary N) is 1. The molecule has 1 N–H and O–H groups in total. The fraction of sp³-hybridized carbons (Fsp3) is 0.333. The van der Waals surface area contributed by atoms with E-state index in [1.54, 1.807) is 0 Å². The maximum Gasteiger partial charge on any atom is 0.245 e. The molecule has 1 aliphatic heterocycles. The average Bonchev–Trinajstić information content (AvgIpc) is 2.97. The Hall–Kier alpha value is -2.94. The van der Waals surface area contributed by atoms with Crippen LogP contribution in [0, 0.1) is 11.3 Å². The molecule has 1 aliphatic rings. The first-order valence-corrected chi connectivity index (χ1v) is 8.08. The van der Waals surface area contributed by atoms with Gasteiger partial charge in [-0.3, -0.25) is 4.79 Å². The van der Waals surface area contributed by atoms with Crippen molar-refractivity contribution in [2.45, 2.75) is 25.3 Å². The van der Waals surface area contributed by atoms with Crippen LogP contribution in [0.25, 0.3) is 0 Å². The van der Waals surface area contributed by atoms with Gasteiger partial charge in [-0.1, -0.05) is 30.3 Å². The van der Waals surface area contributed by atoms with Gasteiger partial charge in [0.25, 0.3) is 0 Å². The molecule has 0 spiro atoms. The van der Waals surface area contributed by atoms with Gasteiger partial charge in [0, 0.05) is 25.5 Å². The Morgan fingerprint density at radius 1 is 1.25 bits per heavy atom. The molecule has 1 saturated heterocycles. The van der Waals surface area contributed by atoms with Crippen LogP contribution in [0.15, 0.2) is 42.7 Å². The molecule has 6 heteroatoms. The zero-order valence-corrected chi connectivity index (χ0v) is 13.4. The number of hydrogen-bond donors (Lipinski definition) is 1. The highest BCUT2D eigenvalue weighted by molar-refractivity contribution is 5.86. The molecule has 1 aromatic carbocycles. The first-order chi connectivity index (χ1) is 11.8. The Labute approximate surface area is 141 Å². The van der Waals surface area contributed by atoms with Crippen molar-refractivity contribution >= 4 is 11.7 Å². The highest BCUT2D eigenvalue weighted by Crippen LogP contribution is 2.18. The number of benzene rings is 1. The van der Waals surface area contributed by atoms with E-state index >= 15 is 0 Å². The third-order valence-corrected chi connectivity index (χ3v) is 4.15. The normalized spacial score (nSPS) is 16.9. The highest BCUT2D eigenvalue weighted by Gasteiger charge is 2.31. The van der Waals surface area contributed by atoms with Crippen molar-refractivity contribution in [2.75, 3.05) is 18.4 Å². The molecule has 0 bridgehead atoms. The number of anilines is 1. The quantitative estimate of drug-likeness (QED) is 0.880. The van der Waals surface area contributed by atoms with Gasteiger partial charge < -0.3 is 10.2 Å². The summed E-state index contributed by atoms with van der Waals surface area (Å²) < 4.78 is 0. The molecule has 122 valence electrons. The number of likely N-dealkylation sites (tertiary alicyclic amines) is 1. The van der Waals surface area contributed by atoms with E-state index in [1.807, 2.05) is 29.2 Å². The number of hydrogen-bond acceptors (Lipinski definition) is 5. The van der Waals surface area contributed by atoms with E-state index in [4.69, 9.17) is 5.26 Å². The first-order valence-electron chi connectivity index (χ1n) is 8.08.